The first-order chi connectivity index (χ1) is 11.6. The number of rotatable bonds is 6. The van der Waals surface area contributed by atoms with Crippen molar-refractivity contribution >= 4 is 17.2 Å². The van der Waals surface area contributed by atoms with E-state index in [1.807, 2.05) is 32.2 Å². The van der Waals surface area contributed by atoms with E-state index in [0.717, 1.165) is 16.3 Å². The molecule has 0 saturated heterocycles. The lowest BCUT2D eigenvalue weighted by Crippen LogP contribution is -2.32. The van der Waals surface area contributed by atoms with E-state index in [-0.39, 0.29) is 11.9 Å². The lowest BCUT2D eigenvalue weighted by molar-refractivity contribution is 0.0887. The van der Waals surface area contributed by atoms with Crippen molar-refractivity contribution < 1.29 is 9.53 Å². The van der Waals surface area contributed by atoms with Gasteiger partial charge in [-0.15, -0.1) is 11.3 Å². The number of carbonyl (C=O) groups excluding carboxylic acids is 1. The molecule has 1 unspecified atom stereocenters. The van der Waals surface area contributed by atoms with Gasteiger partial charge in [0.15, 0.2) is 5.69 Å². The van der Waals surface area contributed by atoms with Crippen molar-refractivity contribution in [3.05, 3.63) is 46.7 Å². The molecule has 1 atom stereocenters. The van der Waals surface area contributed by atoms with Crippen LogP contribution in [0, 0.1) is 6.92 Å². The highest BCUT2D eigenvalue weighted by molar-refractivity contribution is 7.15. The highest BCUT2D eigenvalue weighted by atomic mass is 32.1. The molecule has 0 fully saturated rings. The van der Waals surface area contributed by atoms with E-state index in [9.17, 15) is 4.79 Å². The molecule has 7 nitrogen and oxygen atoms in total. The van der Waals surface area contributed by atoms with Gasteiger partial charge >= 0.3 is 0 Å². The van der Waals surface area contributed by atoms with Crippen LogP contribution in [0.1, 0.15) is 27.1 Å². The molecule has 3 aromatic rings. The molecule has 0 aliphatic rings. The molecule has 8 heteroatoms. The van der Waals surface area contributed by atoms with Gasteiger partial charge in [-0.1, -0.05) is 0 Å². The number of thiophene rings is 1. The van der Waals surface area contributed by atoms with Crippen LogP contribution in [0.15, 0.2) is 30.5 Å². The van der Waals surface area contributed by atoms with Crippen LogP contribution in [0.4, 0.5) is 0 Å². The zero-order chi connectivity index (χ0) is 17.1. The van der Waals surface area contributed by atoms with E-state index >= 15 is 0 Å². The molecule has 0 saturated carbocycles. The Morgan fingerprint density at radius 2 is 2.29 bits per heavy atom. The van der Waals surface area contributed by atoms with Crippen molar-refractivity contribution in [3.8, 4) is 10.6 Å². The molecule has 2 N–H and O–H groups in total. The Hall–Kier alpha value is -2.45. The van der Waals surface area contributed by atoms with Crippen LogP contribution < -0.4 is 5.32 Å². The van der Waals surface area contributed by atoms with E-state index in [0.29, 0.717) is 12.3 Å². The summed E-state index contributed by atoms with van der Waals surface area (Å²) in [6, 6.07) is 7.37. The third-order valence-corrected chi connectivity index (χ3v) is 4.70. The minimum atomic E-state index is -0.292. The SMILES string of the molecule is COCC(NC(=O)c1cc(-c2ccc(C)s2)[nH]n1)c1ccnn1C. The lowest BCUT2D eigenvalue weighted by Gasteiger charge is -2.17. The molecule has 3 aromatic heterocycles. The number of carbonyl (C=O) groups is 1. The van der Waals surface area contributed by atoms with Crippen molar-refractivity contribution in [1.82, 2.24) is 25.3 Å². The predicted octanol–water partition coefficient (Wildman–Crippen LogP) is 2.30. The van der Waals surface area contributed by atoms with Crippen molar-refractivity contribution in [2.75, 3.05) is 13.7 Å². The number of nitrogens with one attached hydrogen (secondary N) is 2. The van der Waals surface area contributed by atoms with Crippen molar-refractivity contribution in [3.63, 3.8) is 0 Å². The first-order valence-electron chi connectivity index (χ1n) is 7.48. The summed E-state index contributed by atoms with van der Waals surface area (Å²) in [5.41, 5.74) is 2.05. The second kappa shape index (κ2) is 6.98. The smallest absolute Gasteiger partial charge is 0.272 e. The Morgan fingerprint density at radius 1 is 1.46 bits per heavy atom. The van der Waals surface area contributed by atoms with Gasteiger partial charge in [0, 0.05) is 25.2 Å². The minimum Gasteiger partial charge on any atom is -0.382 e. The van der Waals surface area contributed by atoms with Gasteiger partial charge in [-0.25, -0.2) is 0 Å². The molecule has 0 spiro atoms. The van der Waals surface area contributed by atoms with Crippen LogP contribution in [0.2, 0.25) is 0 Å². The first kappa shape index (κ1) is 16.4. The number of aromatic nitrogens is 4. The average molecular weight is 345 g/mol. The van der Waals surface area contributed by atoms with E-state index in [2.05, 4.69) is 20.6 Å². The summed E-state index contributed by atoms with van der Waals surface area (Å²) in [6.45, 7) is 2.40. The van der Waals surface area contributed by atoms with Gasteiger partial charge < -0.3 is 10.1 Å². The van der Waals surface area contributed by atoms with Crippen molar-refractivity contribution in [2.45, 2.75) is 13.0 Å². The number of nitrogens with zero attached hydrogens (tertiary/aromatic N) is 3. The minimum absolute atomic E-state index is 0.256. The highest BCUT2D eigenvalue weighted by Crippen LogP contribution is 2.26. The zero-order valence-electron chi connectivity index (χ0n) is 13.7. The number of aromatic amines is 1. The van der Waals surface area contributed by atoms with Gasteiger partial charge in [0.2, 0.25) is 0 Å². The lowest BCUT2D eigenvalue weighted by atomic mass is 10.2. The third-order valence-electron chi connectivity index (χ3n) is 3.67. The largest absolute Gasteiger partial charge is 0.382 e. The highest BCUT2D eigenvalue weighted by Gasteiger charge is 2.20. The summed E-state index contributed by atoms with van der Waals surface area (Å²) in [6.07, 6.45) is 1.69. The van der Waals surface area contributed by atoms with Crippen LogP contribution >= 0.6 is 11.3 Å². The summed E-state index contributed by atoms with van der Waals surface area (Å²) < 4.78 is 6.93. The summed E-state index contributed by atoms with van der Waals surface area (Å²) in [4.78, 5) is 14.8. The summed E-state index contributed by atoms with van der Waals surface area (Å²) >= 11 is 1.65. The average Bonchev–Trinajstić information content (AvgIpc) is 3.27. The van der Waals surface area contributed by atoms with Gasteiger partial charge in [0.25, 0.3) is 5.91 Å². The van der Waals surface area contributed by atoms with Gasteiger partial charge in [0.1, 0.15) is 0 Å². The normalized spacial score (nSPS) is 12.3. The topological polar surface area (TPSA) is 84.8 Å². The van der Waals surface area contributed by atoms with E-state index < -0.39 is 0 Å². The number of hydrogen-bond donors (Lipinski definition) is 2. The second-order valence-electron chi connectivity index (χ2n) is 5.44. The van der Waals surface area contributed by atoms with E-state index in [1.54, 1.807) is 35.4 Å². The summed E-state index contributed by atoms with van der Waals surface area (Å²) in [5, 5.41) is 14.1. The molecule has 24 heavy (non-hydrogen) atoms. The Morgan fingerprint density at radius 3 is 2.92 bits per heavy atom. The van der Waals surface area contributed by atoms with Gasteiger partial charge in [-0.05, 0) is 31.2 Å². The van der Waals surface area contributed by atoms with Gasteiger partial charge in [-0.2, -0.15) is 10.2 Å². The molecule has 0 aromatic carbocycles. The molecule has 3 heterocycles. The Kier molecular flexibility index (Phi) is 4.77. The van der Waals surface area contributed by atoms with E-state index in [1.165, 1.54) is 4.88 Å². The molecular formula is C16H19N5O2S. The maximum absolute atomic E-state index is 12.5. The summed E-state index contributed by atoms with van der Waals surface area (Å²) in [5.74, 6) is -0.256. The molecule has 0 aliphatic heterocycles. The molecule has 0 radical (unpaired) electrons. The number of amides is 1. The van der Waals surface area contributed by atoms with Gasteiger partial charge in [0.05, 0.1) is 28.9 Å². The number of aryl methyl sites for hydroxylation is 2. The monoisotopic (exact) mass is 345 g/mol. The fourth-order valence-corrected chi connectivity index (χ4v) is 3.30. The maximum Gasteiger partial charge on any atom is 0.272 e. The van der Waals surface area contributed by atoms with E-state index in [4.69, 9.17) is 4.74 Å². The fraction of sp³-hybridized carbons (Fsp3) is 0.312. The Bertz CT molecular complexity index is 835. The zero-order valence-corrected chi connectivity index (χ0v) is 14.6. The second-order valence-corrected chi connectivity index (χ2v) is 6.73. The molecule has 3 rings (SSSR count). The number of hydrogen-bond acceptors (Lipinski definition) is 5. The summed E-state index contributed by atoms with van der Waals surface area (Å²) in [7, 11) is 3.43. The molecule has 0 bridgehead atoms. The number of methoxy groups -OCH3 is 1. The van der Waals surface area contributed by atoms with Crippen molar-refractivity contribution in [1.29, 1.82) is 0 Å². The Labute approximate surface area is 143 Å². The maximum atomic E-state index is 12.5. The molecular weight excluding hydrogens is 326 g/mol. The number of H-pyrrole nitrogens is 1. The van der Waals surface area contributed by atoms with Crippen LogP contribution in [0.5, 0.6) is 0 Å². The van der Waals surface area contributed by atoms with Gasteiger partial charge in [-0.3, -0.25) is 14.6 Å². The fourth-order valence-electron chi connectivity index (χ4n) is 2.47. The molecule has 0 aliphatic carbocycles. The van der Waals surface area contributed by atoms with Crippen LogP contribution in [0.3, 0.4) is 0 Å². The van der Waals surface area contributed by atoms with Crippen LogP contribution in [-0.4, -0.2) is 39.6 Å². The van der Waals surface area contributed by atoms with Crippen molar-refractivity contribution in [2.24, 2.45) is 7.05 Å². The quantitative estimate of drug-likeness (QED) is 0.718. The molecule has 126 valence electrons. The number of ether oxygens (including phenoxy) is 1. The third kappa shape index (κ3) is 3.39. The Balaban J connectivity index is 1.76. The molecule has 1 amide bonds. The first-order valence-corrected chi connectivity index (χ1v) is 8.30. The van der Waals surface area contributed by atoms with Crippen LogP contribution in [-0.2, 0) is 11.8 Å². The van der Waals surface area contributed by atoms with Crippen LogP contribution in [0.25, 0.3) is 10.6 Å². The standard InChI is InChI=1S/C16H19N5O2S/c1-10-4-5-15(24-10)11-8-12(20-19-11)16(22)18-13(9-23-3)14-6-7-17-21(14)2/h4-8,13H,9H2,1-3H3,(H,18,22)(H,19,20). The predicted molar refractivity (Wildman–Crippen MR) is 91.9 cm³/mol.